The molecule has 3 aromatic rings. The van der Waals surface area contributed by atoms with Gasteiger partial charge in [-0.15, -0.1) is 11.8 Å². The van der Waals surface area contributed by atoms with Crippen molar-refractivity contribution in [2.24, 2.45) is 0 Å². The molecule has 0 saturated heterocycles. The Bertz CT molecular complexity index is 1270. The number of phenols is 1. The zero-order valence-corrected chi connectivity index (χ0v) is 24.0. The molecular weight excluding hydrogens is 617 g/mol. The zero-order valence-electron chi connectivity index (χ0n) is 21.0. The number of rotatable bonds is 11. The molecule has 10 heteroatoms. The van der Waals surface area contributed by atoms with E-state index in [1.54, 1.807) is 72.4 Å². The average Bonchev–Trinajstić information content (AvgIpc) is 2.91. The predicted octanol–water partition coefficient (Wildman–Crippen LogP) is 6.58. The lowest BCUT2D eigenvalue weighted by molar-refractivity contribution is -0.111. The van der Waals surface area contributed by atoms with E-state index in [1.807, 2.05) is 18.4 Å². The van der Waals surface area contributed by atoms with Crippen LogP contribution in [0.25, 0.3) is 0 Å². The molecule has 2 amide bonds. The van der Waals surface area contributed by atoms with E-state index in [0.29, 0.717) is 35.5 Å². The number of hydrogen-bond donors (Lipinski definition) is 4. The van der Waals surface area contributed by atoms with Crippen LogP contribution in [0.4, 0.5) is 21.9 Å². The van der Waals surface area contributed by atoms with Crippen molar-refractivity contribution in [3.8, 4) is 5.75 Å². The second-order valence-electron chi connectivity index (χ2n) is 8.21. The van der Waals surface area contributed by atoms with Crippen molar-refractivity contribution in [1.29, 1.82) is 0 Å². The molecule has 0 aliphatic rings. The molecule has 38 heavy (non-hydrogen) atoms. The van der Waals surface area contributed by atoms with E-state index >= 15 is 0 Å². The van der Waals surface area contributed by atoms with Gasteiger partial charge in [-0.25, -0.2) is 4.79 Å². The molecule has 8 nitrogen and oxygen atoms in total. The van der Waals surface area contributed by atoms with Gasteiger partial charge >= 0.3 is 6.09 Å². The van der Waals surface area contributed by atoms with Crippen LogP contribution < -0.4 is 16.4 Å². The topological polar surface area (TPSA) is 123 Å². The van der Waals surface area contributed by atoms with Gasteiger partial charge in [-0.3, -0.25) is 10.1 Å². The van der Waals surface area contributed by atoms with Gasteiger partial charge in [0.05, 0.1) is 17.5 Å². The number of amides is 2. The summed E-state index contributed by atoms with van der Waals surface area (Å²) < 4.78 is 12.3. The summed E-state index contributed by atoms with van der Waals surface area (Å²) in [6.07, 6.45) is 3.80. The highest BCUT2D eigenvalue weighted by Gasteiger charge is 2.29. The molecule has 0 aliphatic carbocycles. The number of ether oxygens (including phenoxy) is 2. The number of benzene rings is 3. The summed E-state index contributed by atoms with van der Waals surface area (Å²) in [5, 5.41) is 16.0. The fraction of sp³-hybridized carbons (Fsp3) is 0.214. The van der Waals surface area contributed by atoms with Gasteiger partial charge in [-0.05, 0) is 102 Å². The number of anilines is 3. The number of aromatic hydroxyl groups is 1. The monoisotopic (exact) mass is 647 g/mol. The van der Waals surface area contributed by atoms with Crippen molar-refractivity contribution < 1.29 is 24.2 Å². The van der Waals surface area contributed by atoms with Crippen LogP contribution >= 0.6 is 34.4 Å². The van der Waals surface area contributed by atoms with Crippen LogP contribution in [-0.4, -0.2) is 36.6 Å². The van der Waals surface area contributed by atoms with Crippen LogP contribution in [0.5, 0.6) is 5.75 Å². The molecule has 0 unspecified atom stereocenters. The van der Waals surface area contributed by atoms with E-state index in [4.69, 9.17) is 15.2 Å². The van der Waals surface area contributed by atoms with Gasteiger partial charge < -0.3 is 25.6 Å². The van der Waals surface area contributed by atoms with Crippen molar-refractivity contribution in [2.75, 3.05) is 29.7 Å². The number of allylic oxidation sites excluding steroid dienone is 1. The number of para-hydroxylation sites is 2. The largest absolute Gasteiger partial charge is 0.508 e. The molecule has 0 aromatic heterocycles. The molecule has 0 fully saturated rings. The third-order valence-electron chi connectivity index (χ3n) is 5.61. The molecule has 3 rings (SSSR count). The minimum absolute atomic E-state index is 0.00930. The first-order valence-electron chi connectivity index (χ1n) is 11.8. The van der Waals surface area contributed by atoms with Crippen LogP contribution in [0.3, 0.4) is 0 Å². The van der Waals surface area contributed by atoms with Crippen molar-refractivity contribution >= 4 is 63.4 Å². The van der Waals surface area contributed by atoms with Gasteiger partial charge in [-0.1, -0.05) is 18.2 Å². The summed E-state index contributed by atoms with van der Waals surface area (Å²) in [6.45, 7) is 0. The number of thioether (sulfide) groups is 1. The highest BCUT2D eigenvalue weighted by atomic mass is 127. The summed E-state index contributed by atoms with van der Waals surface area (Å²) in [5.74, 6) is -0.322. The standard InChI is InChI=1S/C28H30IN3O5S/c1-36-25(9-5-6-10-26(34)32-23-8-4-3-7-22(23)30)27(21-17-18(29)11-16-24(21)33)37-28(35)31-19-12-14-20(38-2)15-13-19/h3-4,6-8,10-17,25,27,33H,5,9,30H2,1-2H3,(H,31,35)(H,32,34)/b10-6+/t25-,27-/m0/s1. The number of carbonyl (C=O) groups is 2. The lowest BCUT2D eigenvalue weighted by Crippen LogP contribution is -2.28. The van der Waals surface area contributed by atoms with Gasteiger partial charge in [-0.2, -0.15) is 0 Å². The van der Waals surface area contributed by atoms with Crippen LogP contribution in [-0.2, 0) is 14.3 Å². The summed E-state index contributed by atoms with van der Waals surface area (Å²) in [4.78, 5) is 26.2. The molecule has 0 aliphatic heterocycles. The van der Waals surface area contributed by atoms with E-state index in [1.165, 1.54) is 13.2 Å². The first kappa shape index (κ1) is 29.3. The Hall–Kier alpha value is -3.22. The van der Waals surface area contributed by atoms with Gasteiger partial charge in [0, 0.05) is 26.8 Å². The van der Waals surface area contributed by atoms with Crippen LogP contribution in [0.1, 0.15) is 24.5 Å². The molecule has 0 bridgehead atoms. The second-order valence-corrected chi connectivity index (χ2v) is 10.3. The summed E-state index contributed by atoms with van der Waals surface area (Å²) in [7, 11) is 1.51. The lowest BCUT2D eigenvalue weighted by atomic mass is 9.99. The van der Waals surface area contributed by atoms with Crippen molar-refractivity contribution in [3.05, 3.63) is 88.0 Å². The van der Waals surface area contributed by atoms with Crippen molar-refractivity contribution in [3.63, 3.8) is 0 Å². The van der Waals surface area contributed by atoms with Gasteiger partial charge in [0.1, 0.15) is 5.75 Å². The fourth-order valence-corrected chi connectivity index (χ4v) is 4.58. The van der Waals surface area contributed by atoms with E-state index in [0.717, 1.165) is 8.47 Å². The number of hydrogen-bond acceptors (Lipinski definition) is 7. The van der Waals surface area contributed by atoms with Crippen LogP contribution in [0.15, 0.2) is 83.8 Å². The Balaban J connectivity index is 1.69. The number of methoxy groups -OCH3 is 1. The number of halogens is 1. The van der Waals surface area contributed by atoms with E-state index < -0.39 is 18.3 Å². The maximum absolute atomic E-state index is 12.8. The normalized spacial score (nSPS) is 12.6. The highest BCUT2D eigenvalue weighted by Crippen LogP contribution is 2.34. The third-order valence-corrected chi connectivity index (χ3v) is 7.03. The Morgan fingerprint density at radius 3 is 2.53 bits per heavy atom. The number of carbonyl (C=O) groups excluding carboxylic acids is 2. The summed E-state index contributed by atoms with van der Waals surface area (Å²) >= 11 is 3.73. The van der Waals surface area contributed by atoms with Gasteiger partial charge in [0.25, 0.3) is 0 Å². The lowest BCUT2D eigenvalue weighted by Gasteiger charge is -2.27. The summed E-state index contributed by atoms with van der Waals surface area (Å²) in [5.41, 5.74) is 7.89. The Labute approximate surface area is 240 Å². The Morgan fingerprint density at radius 2 is 1.84 bits per heavy atom. The SMILES string of the molecule is CO[C@@H](CC/C=C/C(=O)Nc1ccccc1N)[C@@H](OC(=O)Nc1ccc(SC)cc1)c1cc(I)ccc1O. The van der Waals surface area contributed by atoms with E-state index in [2.05, 4.69) is 33.2 Å². The van der Waals surface area contributed by atoms with Crippen molar-refractivity contribution in [1.82, 2.24) is 0 Å². The third kappa shape index (κ3) is 8.67. The number of nitrogen functional groups attached to an aromatic ring is 1. The van der Waals surface area contributed by atoms with Crippen molar-refractivity contribution in [2.45, 2.75) is 29.9 Å². The van der Waals surface area contributed by atoms with E-state index in [-0.39, 0.29) is 11.7 Å². The minimum Gasteiger partial charge on any atom is -0.508 e. The molecule has 2 atom stereocenters. The Kier molecular flexibility index (Phi) is 11.3. The second kappa shape index (κ2) is 14.6. The molecule has 5 N–H and O–H groups in total. The summed E-state index contributed by atoms with van der Waals surface area (Å²) in [6, 6.07) is 19.4. The fourth-order valence-electron chi connectivity index (χ4n) is 3.66. The first-order valence-corrected chi connectivity index (χ1v) is 14.1. The van der Waals surface area contributed by atoms with Crippen LogP contribution in [0.2, 0.25) is 0 Å². The molecule has 3 aromatic carbocycles. The molecule has 0 radical (unpaired) electrons. The molecule has 200 valence electrons. The predicted molar refractivity (Wildman–Crippen MR) is 161 cm³/mol. The van der Waals surface area contributed by atoms with Crippen LogP contribution in [0, 0.1) is 3.57 Å². The number of nitrogens with two attached hydrogens (primary N) is 1. The maximum atomic E-state index is 12.8. The number of nitrogens with one attached hydrogen (secondary N) is 2. The Morgan fingerprint density at radius 1 is 1.11 bits per heavy atom. The molecule has 0 heterocycles. The van der Waals surface area contributed by atoms with E-state index in [9.17, 15) is 14.7 Å². The minimum atomic E-state index is -0.897. The zero-order chi connectivity index (χ0) is 27.5. The number of phenolic OH excluding ortho intramolecular Hbond substituents is 1. The maximum Gasteiger partial charge on any atom is 0.412 e. The molecular formula is C28H30IN3O5S. The van der Waals surface area contributed by atoms with Gasteiger partial charge in [0.15, 0.2) is 6.10 Å². The quantitative estimate of drug-likeness (QED) is 0.0803. The van der Waals surface area contributed by atoms with Gasteiger partial charge in [0.2, 0.25) is 5.91 Å². The highest BCUT2D eigenvalue weighted by molar-refractivity contribution is 14.1. The average molecular weight is 648 g/mol. The molecule has 0 saturated carbocycles. The molecule has 0 spiro atoms. The smallest absolute Gasteiger partial charge is 0.412 e. The first-order chi connectivity index (χ1) is 18.3.